The number of amides is 1. The maximum absolute atomic E-state index is 12.1. The largest absolute Gasteiger partial charge is 0.496 e. The Morgan fingerprint density at radius 2 is 1.96 bits per heavy atom. The molecule has 1 aromatic carbocycles. The van der Waals surface area contributed by atoms with Crippen molar-refractivity contribution in [2.24, 2.45) is 5.73 Å². The van der Waals surface area contributed by atoms with E-state index in [2.05, 4.69) is 9.83 Å². The second kappa shape index (κ2) is 6.08. The van der Waals surface area contributed by atoms with Crippen LogP contribution in [0.5, 0.6) is 5.75 Å². The standard InChI is InChI=1S/C19H19N5O2/c1-9-6-7-13(26-5)11(3)15(9)24-16(20)14(17(21)25)12-8-10(2)18(22-4)23-19(12)24/h6-8H,20H2,1-3,5H3,(H2,21,25). The Hall–Kier alpha value is -3.53. The number of methoxy groups -OCH3 is 1. The summed E-state index contributed by atoms with van der Waals surface area (Å²) in [6.45, 7) is 12.9. The average molecular weight is 349 g/mol. The van der Waals surface area contributed by atoms with Gasteiger partial charge in [-0.2, -0.15) is 0 Å². The Balaban J connectivity index is 2.54. The van der Waals surface area contributed by atoms with Gasteiger partial charge < -0.3 is 21.0 Å². The molecule has 26 heavy (non-hydrogen) atoms. The first-order chi connectivity index (χ1) is 12.3. The van der Waals surface area contributed by atoms with Gasteiger partial charge in [-0.05, 0) is 38.0 Å². The number of carbonyl (C=O) groups is 1. The summed E-state index contributed by atoms with van der Waals surface area (Å²) >= 11 is 0. The summed E-state index contributed by atoms with van der Waals surface area (Å²) in [7, 11) is 1.59. The molecule has 0 aliphatic carbocycles. The SMILES string of the molecule is [C-]#[N+]c1nc2c(cc1C)c(C(N)=O)c(N)n2-c1c(C)ccc(OC)c1C. The molecule has 0 aliphatic rings. The number of ether oxygens (including phenoxy) is 1. The predicted octanol–water partition coefficient (Wildman–Crippen LogP) is 3.19. The van der Waals surface area contributed by atoms with Crippen LogP contribution in [0.2, 0.25) is 0 Å². The summed E-state index contributed by atoms with van der Waals surface area (Å²) < 4.78 is 7.09. The van der Waals surface area contributed by atoms with Crippen LogP contribution in [0.3, 0.4) is 0 Å². The third-order valence-electron chi connectivity index (χ3n) is 4.52. The number of pyridine rings is 1. The highest BCUT2D eigenvalue weighted by molar-refractivity contribution is 6.11. The van der Waals surface area contributed by atoms with Gasteiger partial charge in [-0.25, -0.2) is 0 Å². The number of hydrogen-bond acceptors (Lipinski definition) is 4. The fourth-order valence-electron chi connectivity index (χ4n) is 3.29. The van der Waals surface area contributed by atoms with Gasteiger partial charge >= 0.3 is 0 Å². The van der Waals surface area contributed by atoms with Gasteiger partial charge in [0.1, 0.15) is 11.6 Å². The molecule has 0 saturated carbocycles. The van der Waals surface area contributed by atoms with Crippen molar-refractivity contribution in [2.75, 3.05) is 12.8 Å². The van der Waals surface area contributed by atoms with Gasteiger partial charge in [0.05, 0.1) is 23.7 Å². The number of hydrogen-bond donors (Lipinski definition) is 2. The minimum atomic E-state index is -0.638. The molecule has 132 valence electrons. The van der Waals surface area contributed by atoms with Crippen molar-refractivity contribution in [1.82, 2.24) is 9.55 Å². The molecule has 2 aromatic heterocycles. The highest BCUT2D eigenvalue weighted by Gasteiger charge is 2.26. The number of aryl methyl sites for hydroxylation is 2. The number of nitrogens with zero attached hydrogens (tertiary/aromatic N) is 3. The van der Waals surface area contributed by atoms with Gasteiger partial charge in [0.15, 0.2) is 0 Å². The van der Waals surface area contributed by atoms with E-state index >= 15 is 0 Å². The van der Waals surface area contributed by atoms with Crippen molar-refractivity contribution in [3.8, 4) is 11.4 Å². The Morgan fingerprint density at radius 1 is 1.27 bits per heavy atom. The first kappa shape index (κ1) is 17.3. The minimum absolute atomic E-state index is 0.195. The number of primary amides is 1. The number of nitrogen functional groups attached to an aromatic ring is 1. The number of anilines is 1. The Labute approximate surface area is 151 Å². The van der Waals surface area contributed by atoms with Crippen LogP contribution < -0.4 is 16.2 Å². The Morgan fingerprint density at radius 3 is 2.54 bits per heavy atom. The molecular formula is C19H19N5O2. The van der Waals surface area contributed by atoms with Crippen LogP contribution in [0.15, 0.2) is 18.2 Å². The van der Waals surface area contributed by atoms with Crippen LogP contribution in [0.25, 0.3) is 21.6 Å². The number of aromatic nitrogens is 2. The van der Waals surface area contributed by atoms with E-state index in [-0.39, 0.29) is 17.2 Å². The fourth-order valence-corrected chi connectivity index (χ4v) is 3.29. The van der Waals surface area contributed by atoms with Crippen LogP contribution in [0.4, 0.5) is 11.6 Å². The van der Waals surface area contributed by atoms with Crippen LogP contribution >= 0.6 is 0 Å². The lowest BCUT2D eigenvalue weighted by Gasteiger charge is -2.16. The van der Waals surface area contributed by atoms with Gasteiger partial charge in [0.25, 0.3) is 11.7 Å². The van der Waals surface area contributed by atoms with Gasteiger partial charge in [-0.1, -0.05) is 18.7 Å². The van der Waals surface area contributed by atoms with Crippen molar-refractivity contribution in [3.63, 3.8) is 0 Å². The maximum atomic E-state index is 12.1. The van der Waals surface area contributed by atoms with E-state index in [0.29, 0.717) is 22.3 Å². The Kier molecular flexibility index (Phi) is 4.04. The zero-order valence-electron chi connectivity index (χ0n) is 15.0. The monoisotopic (exact) mass is 349 g/mol. The summed E-state index contributed by atoms with van der Waals surface area (Å²) in [6, 6.07) is 5.50. The molecule has 3 aromatic rings. The summed E-state index contributed by atoms with van der Waals surface area (Å²) in [4.78, 5) is 20.0. The van der Waals surface area contributed by atoms with Crippen molar-refractivity contribution < 1.29 is 9.53 Å². The molecule has 0 saturated heterocycles. The smallest absolute Gasteiger partial charge is 0.274 e. The van der Waals surface area contributed by atoms with Crippen LogP contribution in [-0.2, 0) is 0 Å². The zero-order chi connectivity index (χ0) is 19.2. The van der Waals surface area contributed by atoms with E-state index in [0.717, 1.165) is 16.8 Å². The van der Waals surface area contributed by atoms with Crippen LogP contribution in [0.1, 0.15) is 27.0 Å². The number of fused-ring (bicyclic) bond motifs is 1. The minimum Gasteiger partial charge on any atom is -0.496 e. The first-order valence-corrected chi connectivity index (χ1v) is 7.95. The highest BCUT2D eigenvalue weighted by atomic mass is 16.5. The van der Waals surface area contributed by atoms with Gasteiger partial charge in [-0.3, -0.25) is 9.36 Å². The lowest BCUT2D eigenvalue weighted by molar-refractivity contribution is 0.100. The second-order valence-electron chi connectivity index (χ2n) is 6.13. The van der Waals surface area contributed by atoms with E-state index in [1.165, 1.54) is 0 Å². The van der Waals surface area contributed by atoms with Crippen molar-refractivity contribution >= 4 is 28.6 Å². The molecule has 2 heterocycles. The molecule has 0 unspecified atom stereocenters. The first-order valence-electron chi connectivity index (χ1n) is 7.95. The summed E-state index contributed by atoms with van der Waals surface area (Å²) in [6.07, 6.45) is 0. The summed E-state index contributed by atoms with van der Waals surface area (Å²) in [5.74, 6) is 0.498. The lowest BCUT2D eigenvalue weighted by atomic mass is 10.1. The van der Waals surface area contributed by atoms with Gasteiger partial charge in [0, 0.05) is 5.56 Å². The van der Waals surface area contributed by atoms with Gasteiger partial charge in [-0.15, -0.1) is 4.98 Å². The lowest BCUT2D eigenvalue weighted by Crippen LogP contribution is -2.14. The second-order valence-corrected chi connectivity index (χ2v) is 6.13. The maximum Gasteiger partial charge on any atom is 0.274 e. The number of nitrogens with two attached hydrogens (primary N) is 2. The molecule has 3 rings (SSSR count). The number of rotatable bonds is 3. The molecule has 7 nitrogen and oxygen atoms in total. The third kappa shape index (κ3) is 2.35. The molecule has 0 aliphatic heterocycles. The molecule has 0 radical (unpaired) electrons. The van der Waals surface area contributed by atoms with Crippen molar-refractivity contribution in [1.29, 1.82) is 0 Å². The van der Waals surface area contributed by atoms with E-state index in [1.54, 1.807) is 24.7 Å². The normalized spacial score (nSPS) is 10.7. The molecule has 0 spiro atoms. The topological polar surface area (TPSA) is 101 Å². The summed E-state index contributed by atoms with van der Waals surface area (Å²) in [5.41, 5.74) is 15.7. The molecule has 7 heteroatoms. The van der Waals surface area contributed by atoms with Crippen LogP contribution in [0, 0.1) is 27.3 Å². The molecule has 0 fully saturated rings. The third-order valence-corrected chi connectivity index (χ3v) is 4.52. The van der Waals surface area contributed by atoms with Crippen molar-refractivity contribution in [2.45, 2.75) is 20.8 Å². The highest BCUT2D eigenvalue weighted by Crippen LogP contribution is 2.37. The van der Waals surface area contributed by atoms with E-state index in [1.807, 2.05) is 26.0 Å². The number of benzene rings is 1. The number of carbonyl (C=O) groups excluding carboxylic acids is 1. The predicted molar refractivity (Wildman–Crippen MR) is 101 cm³/mol. The molecule has 4 N–H and O–H groups in total. The van der Waals surface area contributed by atoms with Crippen LogP contribution in [-0.4, -0.2) is 22.6 Å². The fraction of sp³-hybridized carbons (Fsp3) is 0.211. The van der Waals surface area contributed by atoms with E-state index < -0.39 is 5.91 Å². The van der Waals surface area contributed by atoms with E-state index in [9.17, 15) is 4.79 Å². The average Bonchev–Trinajstić information content (AvgIpc) is 2.86. The van der Waals surface area contributed by atoms with Crippen molar-refractivity contribution in [3.05, 3.63) is 51.9 Å². The zero-order valence-corrected chi connectivity index (χ0v) is 15.0. The van der Waals surface area contributed by atoms with Gasteiger partial charge in [0.2, 0.25) is 5.65 Å². The molecule has 0 bridgehead atoms. The quantitative estimate of drug-likeness (QED) is 0.709. The van der Waals surface area contributed by atoms with E-state index in [4.69, 9.17) is 22.8 Å². The Bertz CT molecular complexity index is 1110. The summed E-state index contributed by atoms with van der Waals surface area (Å²) in [5, 5.41) is 0.529. The molecular weight excluding hydrogens is 330 g/mol. The molecule has 1 amide bonds. The molecule has 0 atom stereocenters.